The molecule has 1 aromatic carbocycles. The van der Waals surface area contributed by atoms with Crippen molar-refractivity contribution >= 4 is 5.69 Å². The first-order valence-electron chi connectivity index (χ1n) is 7.46. The van der Waals surface area contributed by atoms with Crippen LogP contribution >= 0.6 is 0 Å². The fourth-order valence-electron chi connectivity index (χ4n) is 3.26. The molecule has 1 aromatic rings. The molecule has 0 radical (unpaired) electrons. The van der Waals surface area contributed by atoms with Gasteiger partial charge in [-0.2, -0.15) is 0 Å². The molecule has 0 aliphatic carbocycles. The van der Waals surface area contributed by atoms with Crippen LogP contribution in [-0.2, 0) is 4.74 Å². The van der Waals surface area contributed by atoms with E-state index in [1.807, 2.05) is 0 Å². The van der Waals surface area contributed by atoms with Crippen molar-refractivity contribution in [3.05, 3.63) is 29.8 Å². The maximum atomic E-state index is 5.44. The molecule has 2 fully saturated rings. The summed E-state index contributed by atoms with van der Waals surface area (Å²) in [5.41, 5.74) is 2.74. The first kappa shape index (κ1) is 12.9. The van der Waals surface area contributed by atoms with Gasteiger partial charge in [0.05, 0.1) is 13.2 Å². The Bertz CT molecular complexity index is 407. The molecule has 2 aliphatic heterocycles. The highest BCUT2D eigenvalue weighted by atomic mass is 16.5. The number of benzene rings is 1. The normalized spacial score (nSPS) is 22.7. The molecule has 0 aromatic heterocycles. The van der Waals surface area contributed by atoms with E-state index in [-0.39, 0.29) is 0 Å². The molecular formula is C16H24N2O. The van der Waals surface area contributed by atoms with Crippen molar-refractivity contribution in [3.63, 3.8) is 0 Å². The van der Waals surface area contributed by atoms with Crippen LogP contribution in [0.15, 0.2) is 24.3 Å². The molecule has 3 heteroatoms. The minimum Gasteiger partial charge on any atom is -0.379 e. The Hall–Kier alpha value is -1.06. The number of anilines is 1. The second kappa shape index (κ2) is 5.93. The molecule has 0 saturated carbocycles. The second-order valence-corrected chi connectivity index (χ2v) is 5.71. The average molecular weight is 260 g/mol. The summed E-state index contributed by atoms with van der Waals surface area (Å²) in [6.07, 6.45) is 2.57. The lowest BCUT2D eigenvalue weighted by Crippen LogP contribution is -2.49. The summed E-state index contributed by atoms with van der Waals surface area (Å²) in [5, 5.41) is 0. The minimum absolute atomic E-state index is 0.768. The van der Waals surface area contributed by atoms with Gasteiger partial charge < -0.3 is 9.64 Å². The fraction of sp³-hybridized carbons (Fsp3) is 0.625. The standard InChI is InChI=1S/C16H24N2O/c1-14-3-2-4-16(13-14)17-7-5-15(6-8-17)18-9-11-19-12-10-18/h2-4,13,15H,5-12H2,1H3. The predicted octanol–water partition coefficient (Wildman–Crippen LogP) is 2.30. The number of piperidine rings is 1. The Labute approximate surface area is 116 Å². The summed E-state index contributed by atoms with van der Waals surface area (Å²) >= 11 is 0. The SMILES string of the molecule is Cc1cccc(N2CCC(N3CCOCC3)CC2)c1. The largest absolute Gasteiger partial charge is 0.379 e. The van der Waals surface area contributed by atoms with Crippen LogP contribution in [0.4, 0.5) is 5.69 Å². The Morgan fingerprint density at radius 3 is 2.47 bits per heavy atom. The van der Waals surface area contributed by atoms with Crippen LogP contribution in [-0.4, -0.2) is 50.3 Å². The topological polar surface area (TPSA) is 15.7 Å². The zero-order chi connectivity index (χ0) is 13.1. The van der Waals surface area contributed by atoms with Crippen molar-refractivity contribution in [2.24, 2.45) is 0 Å². The molecule has 104 valence electrons. The third-order valence-corrected chi connectivity index (χ3v) is 4.39. The van der Waals surface area contributed by atoms with E-state index in [2.05, 4.69) is 41.0 Å². The molecular weight excluding hydrogens is 236 g/mol. The fourth-order valence-corrected chi connectivity index (χ4v) is 3.26. The minimum atomic E-state index is 0.768. The van der Waals surface area contributed by atoms with Gasteiger partial charge in [-0.25, -0.2) is 0 Å². The monoisotopic (exact) mass is 260 g/mol. The zero-order valence-electron chi connectivity index (χ0n) is 11.8. The first-order valence-corrected chi connectivity index (χ1v) is 7.46. The van der Waals surface area contributed by atoms with E-state index < -0.39 is 0 Å². The molecule has 3 nitrogen and oxygen atoms in total. The maximum absolute atomic E-state index is 5.44. The summed E-state index contributed by atoms with van der Waals surface area (Å²) < 4.78 is 5.44. The summed E-state index contributed by atoms with van der Waals surface area (Å²) in [6, 6.07) is 9.64. The van der Waals surface area contributed by atoms with Crippen molar-refractivity contribution < 1.29 is 4.74 Å². The number of morpholine rings is 1. The van der Waals surface area contributed by atoms with Crippen molar-refractivity contribution in [2.45, 2.75) is 25.8 Å². The van der Waals surface area contributed by atoms with Gasteiger partial charge in [0.2, 0.25) is 0 Å². The van der Waals surface area contributed by atoms with Gasteiger partial charge in [-0.3, -0.25) is 4.90 Å². The van der Waals surface area contributed by atoms with E-state index in [1.54, 1.807) is 0 Å². The van der Waals surface area contributed by atoms with Gasteiger partial charge in [0, 0.05) is 37.9 Å². The van der Waals surface area contributed by atoms with Gasteiger partial charge in [0.15, 0.2) is 0 Å². The Morgan fingerprint density at radius 2 is 1.79 bits per heavy atom. The van der Waals surface area contributed by atoms with Gasteiger partial charge in [-0.15, -0.1) is 0 Å². The van der Waals surface area contributed by atoms with Crippen molar-refractivity contribution in [1.29, 1.82) is 0 Å². The number of rotatable bonds is 2. The quantitative estimate of drug-likeness (QED) is 0.811. The number of ether oxygens (including phenoxy) is 1. The lowest BCUT2D eigenvalue weighted by molar-refractivity contribution is 0.0115. The Morgan fingerprint density at radius 1 is 1.05 bits per heavy atom. The molecule has 3 rings (SSSR count). The van der Waals surface area contributed by atoms with Crippen LogP contribution in [0, 0.1) is 6.92 Å². The maximum Gasteiger partial charge on any atom is 0.0594 e. The summed E-state index contributed by atoms with van der Waals surface area (Å²) in [7, 11) is 0. The first-order chi connectivity index (χ1) is 9.33. The lowest BCUT2D eigenvalue weighted by atomic mass is 10.0. The van der Waals surface area contributed by atoms with E-state index in [4.69, 9.17) is 4.74 Å². The van der Waals surface area contributed by atoms with E-state index in [0.717, 1.165) is 32.3 Å². The van der Waals surface area contributed by atoms with Crippen molar-refractivity contribution in [3.8, 4) is 0 Å². The molecule has 19 heavy (non-hydrogen) atoms. The third-order valence-electron chi connectivity index (χ3n) is 4.39. The number of nitrogens with zero attached hydrogens (tertiary/aromatic N) is 2. The van der Waals surface area contributed by atoms with Crippen LogP contribution in [0.3, 0.4) is 0 Å². The van der Waals surface area contributed by atoms with Crippen LogP contribution in [0.2, 0.25) is 0 Å². The molecule has 0 unspecified atom stereocenters. The van der Waals surface area contributed by atoms with Crippen LogP contribution in [0.1, 0.15) is 18.4 Å². The van der Waals surface area contributed by atoms with Crippen molar-refractivity contribution in [1.82, 2.24) is 4.90 Å². The second-order valence-electron chi connectivity index (χ2n) is 5.71. The lowest BCUT2D eigenvalue weighted by Gasteiger charge is -2.40. The van der Waals surface area contributed by atoms with Crippen molar-refractivity contribution in [2.75, 3.05) is 44.3 Å². The van der Waals surface area contributed by atoms with Gasteiger partial charge >= 0.3 is 0 Å². The number of aryl methyl sites for hydroxylation is 1. The van der Waals surface area contributed by atoms with E-state index in [1.165, 1.54) is 37.2 Å². The molecule has 0 N–H and O–H groups in total. The van der Waals surface area contributed by atoms with E-state index in [0.29, 0.717) is 0 Å². The number of hydrogen-bond donors (Lipinski definition) is 0. The molecule has 2 aliphatic rings. The van der Waals surface area contributed by atoms with Gasteiger partial charge in [-0.1, -0.05) is 12.1 Å². The highest BCUT2D eigenvalue weighted by Gasteiger charge is 2.25. The third kappa shape index (κ3) is 3.10. The summed E-state index contributed by atoms with van der Waals surface area (Å²) in [4.78, 5) is 5.15. The molecule has 0 spiro atoms. The molecule has 0 amide bonds. The molecule has 0 atom stereocenters. The van der Waals surface area contributed by atoms with E-state index in [9.17, 15) is 0 Å². The van der Waals surface area contributed by atoms with E-state index >= 15 is 0 Å². The Kier molecular flexibility index (Phi) is 4.04. The molecule has 2 heterocycles. The van der Waals surface area contributed by atoms with Gasteiger partial charge in [-0.05, 0) is 37.5 Å². The predicted molar refractivity (Wildman–Crippen MR) is 78.8 cm³/mol. The Balaban J connectivity index is 1.57. The highest BCUT2D eigenvalue weighted by molar-refractivity contribution is 5.48. The smallest absolute Gasteiger partial charge is 0.0594 e. The number of hydrogen-bond acceptors (Lipinski definition) is 3. The van der Waals surface area contributed by atoms with Crippen LogP contribution < -0.4 is 4.90 Å². The molecule has 2 saturated heterocycles. The van der Waals surface area contributed by atoms with Gasteiger partial charge in [0.25, 0.3) is 0 Å². The van der Waals surface area contributed by atoms with Gasteiger partial charge in [0.1, 0.15) is 0 Å². The van der Waals surface area contributed by atoms with Crippen LogP contribution in [0.25, 0.3) is 0 Å². The zero-order valence-corrected chi connectivity index (χ0v) is 11.8. The molecule has 0 bridgehead atoms. The average Bonchev–Trinajstić information content (AvgIpc) is 2.48. The van der Waals surface area contributed by atoms with Crippen LogP contribution in [0.5, 0.6) is 0 Å². The highest BCUT2D eigenvalue weighted by Crippen LogP contribution is 2.23. The summed E-state index contributed by atoms with van der Waals surface area (Å²) in [5.74, 6) is 0. The summed E-state index contributed by atoms with van der Waals surface area (Å²) in [6.45, 7) is 8.61.